The van der Waals surface area contributed by atoms with E-state index >= 15 is 0 Å². The number of fused-ring (bicyclic) bond motifs is 3. The van der Waals surface area contributed by atoms with Gasteiger partial charge in [0.15, 0.2) is 17.2 Å². The molecule has 0 radical (unpaired) electrons. The summed E-state index contributed by atoms with van der Waals surface area (Å²) in [5.74, 6) is -7.38. The van der Waals surface area contributed by atoms with Crippen LogP contribution in [0.25, 0.3) is 0 Å². The number of phenols is 1. The third-order valence-electron chi connectivity index (χ3n) is 7.23. The van der Waals surface area contributed by atoms with Gasteiger partial charge in [0.2, 0.25) is 5.78 Å². The van der Waals surface area contributed by atoms with Crippen molar-refractivity contribution in [1.82, 2.24) is 4.90 Å². The van der Waals surface area contributed by atoms with Gasteiger partial charge in [0.25, 0.3) is 5.91 Å². The molecule has 0 saturated heterocycles. The maximum atomic E-state index is 13.5. The number of Topliss-reactive ketones (excluding diaryl/α,β-unsaturated/α-hetero) is 3. The van der Waals surface area contributed by atoms with E-state index in [1.165, 1.54) is 17.0 Å². The number of carbonyl (C=O) groups excluding carboxylic acids is 4. The highest BCUT2D eigenvalue weighted by atomic mass is 16.3. The van der Waals surface area contributed by atoms with Gasteiger partial charge < -0.3 is 26.2 Å². The predicted molar refractivity (Wildman–Crippen MR) is 118 cm³/mol. The van der Waals surface area contributed by atoms with E-state index in [1.807, 2.05) is 0 Å². The molecule has 0 bridgehead atoms. The Bertz CT molecular complexity index is 1230. The minimum atomic E-state index is -2.68. The fourth-order valence-corrected chi connectivity index (χ4v) is 5.70. The van der Waals surface area contributed by atoms with E-state index < -0.39 is 63.8 Å². The molecule has 0 heterocycles. The van der Waals surface area contributed by atoms with Gasteiger partial charge in [0.05, 0.1) is 11.6 Å². The van der Waals surface area contributed by atoms with Gasteiger partial charge in [-0.05, 0) is 50.6 Å². The summed E-state index contributed by atoms with van der Waals surface area (Å²) in [5, 5.41) is 43.9. The van der Waals surface area contributed by atoms with E-state index in [1.54, 1.807) is 21.0 Å². The third-order valence-corrected chi connectivity index (χ3v) is 7.23. The average Bonchev–Trinajstić information content (AvgIpc) is 2.75. The molecule has 0 aromatic heterocycles. The van der Waals surface area contributed by atoms with Gasteiger partial charge in [-0.3, -0.25) is 24.1 Å². The van der Waals surface area contributed by atoms with Crippen molar-refractivity contribution in [2.24, 2.45) is 17.6 Å². The number of carbonyl (C=O) groups is 4. The fraction of sp³-hybridized carbons (Fsp3) is 0.417. The number of nitrogens with zero attached hydrogens (tertiary/aromatic N) is 1. The Morgan fingerprint density at radius 3 is 2.38 bits per heavy atom. The Morgan fingerprint density at radius 1 is 1.18 bits per heavy atom. The Labute approximate surface area is 195 Å². The highest BCUT2D eigenvalue weighted by Gasteiger charge is 2.63. The largest absolute Gasteiger partial charge is 0.510 e. The molecule has 0 spiro atoms. The maximum Gasteiger partial charge on any atom is 0.255 e. The van der Waals surface area contributed by atoms with Gasteiger partial charge in [-0.1, -0.05) is 6.92 Å². The molecule has 4 rings (SSSR count). The number of rotatable bonds is 4. The second-order valence-electron chi connectivity index (χ2n) is 9.23. The lowest BCUT2D eigenvalue weighted by Gasteiger charge is -2.50. The first-order chi connectivity index (χ1) is 15.9. The van der Waals surface area contributed by atoms with Gasteiger partial charge in [0.1, 0.15) is 22.8 Å². The van der Waals surface area contributed by atoms with Crippen molar-refractivity contribution < 1.29 is 39.6 Å². The van der Waals surface area contributed by atoms with Gasteiger partial charge in [-0.15, -0.1) is 0 Å². The van der Waals surface area contributed by atoms with Crippen LogP contribution in [0.3, 0.4) is 0 Å². The molecular formula is C24H26N2O8. The molecule has 0 fully saturated rings. The fourth-order valence-electron chi connectivity index (χ4n) is 5.70. The Balaban J connectivity index is 1.97. The monoisotopic (exact) mass is 470 g/mol. The maximum absolute atomic E-state index is 13.5. The molecule has 10 nitrogen and oxygen atoms in total. The van der Waals surface area contributed by atoms with Crippen LogP contribution in [0.2, 0.25) is 0 Å². The van der Waals surface area contributed by atoms with E-state index in [9.17, 15) is 39.6 Å². The van der Waals surface area contributed by atoms with Crippen molar-refractivity contribution in [3.05, 3.63) is 51.5 Å². The SMILES string of the molecule is CCC(=O)c1ccc(O)c2c1C[C@H]1C[C@H]3C(N(C)C)C(O)=C(C(N)=O)C(=O)[C@@]3(O)C(O)=C1C2=O. The number of amides is 1. The lowest BCUT2D eigenvalue weighted by atomic mass is 9.58. The van der Waals surface area contributed by atoms with Crippen LogP contribution in [0.5, 0.6) is 5.75 Å². The smallest absolute Gasteiger partial charge is 0.255 e. The number of nitrogens with two attached hydrogens (primary N) is 1. The molecule has 1 amide bonds. The number of hydrogen-bond donors (Lipinski definition) is 5. The van der Waals surface area contributed by atoms with Gasteiger partial charge in [-0.2, -0.15) is 0 Å². The highest BCUT2D eigenvalue weighted by Crippen LogP contribution is 2.52. The van der Waals surface area contributed by atoms with Crippen molar-refractivity contribution in [2.75, 3.05) is 14.1 Å². The van der Waals surface area contributed by atoms with Crippen LogP contribution in [-0.2, 0) is 16.0 Å². The second kappa shape index (κ2) is 7.78. The van der Waals surface area contributed by atoms with Crippen molar-refractivity contribution in [3.63, 3.8) is 0 Å². The van der Waals surface area contributed by atoms with E-state index in [-0.39, 0.29) is 41.7 Å². The molecule has 1 aromatic rings. The normalized spacial score (nSPS) is 28.6. The zero-order valence-electron chi connectivity index (χ0n) is 19.0. The first-order valence-electron chi connectivity index (χ1n) is 10.9. The Kier molecular flexibility index (Phi) is 5.41. The van der Waals surface area contributed by atoms with Crippen molar-refractivity contribution in [2.45, 2.75) is 37.8 Å². The van der Waals surface area contributed by atoms with Crippen molar-refractivity contribution >= 4 is 23.3 Å². The van der Waals surface area contributed by atoms with Crippen LogP contribution in [0.1, 0.15) is 46.0 Å². The van der Waals surface area contributed by atoms with Crippen LogP contribution in [-0.4, -0.2) is 74.3 Å². The van der Waals surface area contributed by atoms with Gasteiger partial charge in [0, 0.05) is 23.5 Å². The van der Waals surface area contributed by atoms with E-state index in [0.29, 0.717) is 5.56 Å². The third kappa shape index (κ3) is 2.95. The predicted octanol–water partition coefficient (Wildman–Crippen LogP) is 0.713. The number of allylic oxidation sites excluding steroid dienone is 1. The van der Waals surface area contributed by atoms with Gasteiger partial charge in [-0.25, -0.2) is 0 Å². The minimum Gasteiger partial charge on any atom is -0.510 e. The number of benzene rings is 1. The number of aliphatic hydroxyl groups is 3. The molecule has 1 unspecified atom stereocenters. The zero-order valence-corrected chi connectivity index (χ0v) is 19.0. The van der Waals surface area contributed by atoms with Crippen molar-refractivity contribution in [3.8, 4) is 5.75 Å². The van der Waals surface area contributed by atoms with Crippen LogP contribution in [0.15, 0.2) is 34.8 Å². The number of phenolic OH excluding ortho intramolecular Hbond substituents is 1. The molecule has 3 aliphatic carbocycles. The molecule has 10 heteroatoms. The molecule has 0 aliphatic heterocycles. The van der Waals surface area contributed by atoms with E-state index in [0.717, 1.165) is 0 Å². The zero-order chi connectivity index (χ0) is 25.3. The van der Waals surface area contributed by atoms with Gasteiger partial charge >= 0.3 is 0 Å². The molecule has 0 saturated carbocycles. The molecule has 4 atom stereocenters. The molecule has 1 aromatic carbocycles. The average molecular weight is 470 g/mol. The number of primary amides is 1. The summed E-state index contributed by atoms with van der Waals surface area (Å²) in [6.45, 7) is 1.67. The standard InChI is InChI=1S/C24H26N2O8/c1-4-13(27)10-5-6-14(28)16-11(10)7-9-8-12-18(26(2)3)20(30)17(23(25)33)22(32)24(12,34)21(31)15(9)19(16)29/h5-6,9,12,18,28,30-31,34H,4,7-8H2,1-3H3,(H2,25,33)/t9-,12-,18?,24-/m0/s1. The number of hydrogen-bond acceptors (Lipinski definition) is 9. The number of aliphatic hydroxyl groups excluding tert-OH is 2. The highest BCUT2D eigenvalue weighted by molar-refractivity contribution is 6.25. The molecule has 6 N–H and O–H groups in total. The molecular weight excluding hydrogens is 444 g/mol. The first-order valence-corrected chi connectivity index (χ1v) is 10.9. The Morgan fingerprint density at radius 2 is 1.82 bits per heavy atom. The summed E-state index contributed by atoms with van der Waals surface area (Å²) in [6, 6.07) is 1.60. The van der Waals surface area contributed by atoms with Crippen molar-refractivity contribution in [1.29, 1.82) is 0 Å². The summed E-state index contributed by atoms with van der Waals surface area (Å²) < 4.78 is 0. The quantitative estimate of drug-likeness (QED) is 0.313. The molecule has 180 valence electrons. The number of ketones is 3. The van der Waals surface area contributed by atoms with E-state index in [4.69, 9.17) is 5.73 Å². The summed E-state index contributed by atoms with van der Waals surface area (Å²) in [6.07, 6.45) is 0.239. The topological polar surface area (TPSA) is 178 Å². The molecule has 34 heavy (non-hydrogen) atoms. The van der Waals surface area contributed by atoms with E-state index in [2.05, 4.69) is 0 Å². The summed E-state index contributed by atoms with van der Waals surface area (Å²) in [4.78, 5) is 52.7. The first kappa shape index (κ1) is 23.7. The van der Waals surface area contributed by atoms with Crippen LogP contribution in [0, 0.1) is 11.8 Å². The Hall–Kier alpha value is -3.50. The number of aromatic hydroxyl groups is 1. The van der Waals surface area contributed by atoms with Crippen LogP contribution < -0.4 is 5.73 Å². The lowest BCUT2D eigenvalue weighted by molar-refractivity contribution is -0.148. The van der Waals surface area contributed by atoms with Crippen LogP contribution >= 0.6 is 0 Å². The summed E-state index contributed by atoms with van der Waals surface area (Å²) in [7, 11) is 3.12. The summed E-state index contributed by atoms with van der Waals surface area (Å²) >= 11 is 0. The second-order valence-corrected chi connectivity index (χ2v) is 9.23. The lowest BCUT2D eigenvalue weighted by Crippen LogP contribution is -2.63. The minimum absolute atomic E-state index is 0.0266. The number of likely N-dealkylation sites (N-methyl/N-ethyl adjacent to an activating group) is 1. The van der Waals surface area contributed by atoms with Crippen LogP contribution in [0.4, 0.5) is 0 Å². The summed E-state index contributed by atoms with van der Waals surface area (Å²) in [5.41, 5.74) is 1.96. The molecule has 3 aliphatic rings.